The molecule has 96 valence electrons. The van der Waals surface area contributed by atoms with Gasteiger partial charge >= 0.3 is 0 Å². The second-order valence-corrected chi connectivity index (χ2v) is 5.77. The molecule has 1 N–H and O–H groups in total. The second kappa shape index (κ2) is 6.12. The van der Waals surface area contributed by atoms with Crippen molar-refractivity contribution < 1.29 is 5.11 Å². The summed E-state index contributed by atoms with van der Waals surface area (Å²) in [5.74, 6) is 0.262. The van der Waals surface area contributed by atoms with Crippen LogP contribution in [-0.4, -0.2) is 16.7 Å². The molecular weight excluding hydrogens is 242 g/mol. The highest BCUT2D eigenvalue weighted by Gasteiger charge is 2.11. The van der Waals surface area contributed by atoms with Crippen LogP contribution in [0.15, 0.2) is 29.6 Å². The van der Waals surface area contributed by atoms with E-state index in [9.17, 15) is 5.11 Å². The summed E-state index contributed by atoms with van der Waals surface area (Å²) >= 11 is 1.68. The van der Waals surface area contributed by atoms with Gasteiger partial charge in [0.15, 0.2) is 0 Å². The summed E-state index contributed by atoms with van der Waals surface area (Å²) < 4.78 is 0. The van der Waals surface area contributed by atoms with Gasteiger partial charge < -0.3 is 5.11 Å². The summed E-state index contributed by atoms with van der Waals surface area (Å²) in [7, 11) is 0. The van der Waals surface area contributed by atoms with Crippen LogP contribution in [-0.2, 0) is 12.8 Å². The molecule has 1 atom stereocenters. The molecule has 0 fully saturated rings. The summed E-state index contributed by atoms with van der Waals surface area (Å²) in [5, 5.41) is 12.7. The number of benzene rings is 1. The Balaban J connectivity index is 1.99. The van der Waals surface area contributed by atoms with Gasteiger partial charge in [-0.2, -0.15) is 0 Å². The van der Waals surface area contributed by atoms with Gasteiger partial charge in [0, 0.05) is 24.1 Å². The van der Waals surface area contributed by atoms with Gasteiger partial charge in [-0.3, -0.25) is 0 Å². The molecule has 0 amide bonds. The van der Waals surface area contributed by atoms with E-state index in [1.54, 1.807) is 11.3 Å². The normalized spacial score (nSPS) is 12.6. The molecular formula is C15H19NOS. The van der Waals surface area contributed by atoms with Gasteiger partial charge in [0.1, 0.15) is 0 Å². The third kappa shape index (κ3) is 3.65. The number of thiazole rings is 1. The molecule has 2 nitrogen and oxygen atoms in total. The van der Waals surface area contributed by atoms with Crippen molar-refractivity contribution in [1.29, 1.82) is 0 Å². The molecule has 1 heterocycles. The minimum atomic E-state index is 0.215. The van der Waals surface area contributed by atoms with Crippen molar-refractivity contribution in [3.8, 4) is 0 Å². The smallest absolute Gasteiger partial charge is 0.0931 e. The van der Waals surface area contributed by atoms with E-state index in [1.165, 1.54) is 11.1 Å². The summed E-state index contributed by atoms with van der Waals surface area (Å²) in [6.45, 7) is 4.31. The highest BCUT2D eigenvalue weighted by Crippen LogP contribution is 2.18. The van der Waals surface area contributed by atoms with Crippen LogP contribution >= 0.6 is 11.3 Å². The first-order chi connectivity index (χ1) is 8.67. The summed E-state index contributed by atoms with van der Waals surface area (Å²) in [6.07, 6.45) is 1.78. The molecule has 0 aliphatic heterocycles. The van der Waals surface area contributed by atoms with Crippen LogP contribution in [0.1, 0.15) is 21.8 Å². The topological polar surface area (TPSA) is 33.1 Å². The van der Waals surface area contributed by atoms with Gasteiger partial charge in [-0.05, 0) is 31.7 Å². The van der Waals surface area contributed by atoms with Crippen molar-refractivity contribution in [3.05, 3.63) is 51.5 Å². The van der Waals surface area contributed by atoms with Crippen LogP contribution in [0.25, 0.3) is 0 Å². The Kier molecular flexibility index (Phi) is 4.50. The highest BCUT2D eigenvalue weighted by atomic mass is 32.1. The number of hydrogen-bond donors (Lipinski definition) is 1. The first-order valence-electron chi connectivity index (χ1n) is 6.25. The Morgan fingerprint density at radius 1 is 1.17 bits per heavy atom. The maximum absolute atomic E-state index is 9.49. The van der Waals surface area contributed by atoms with Crippen molar-refractivity contribution in [1.82, 2.24) is 4.98 Å². The summed E-state index contributed by atoms with van der Waals surface area (Å²) in [5.41, 5.74) is 3.63. The predicted octanol–water partition coefficient (Wildman–Crippen LogP) is 3.15. The zero-order chi connectivity index (χ0) is 13.0. The Bertz CT molecular complexity index is 489. The number of rotatable bonds is 5. The van der Waals surface area contributed by atoms with E-state index in [-0.39, 0.29) is 12.5 Å². The van der Waals surface area contributed by atoms with Crippen molar-refractivity contribution in [2.75, 3.05) is 6.61 Å². The molecule has 1 aromatic heterocycles. The van der Waals surface area contributed by atoms with Gasteiger partial charge in [-0.15, -0.1) is 11.3 Å². The molecule has 1 aromatic carbocycles. The molecule has 0 saturated heterocycles. The third-order valence-electron chi connectivity index (χ3n) is 3.03. The third-order valence-corrected chi connectivity index (χ3v) is 4.02. The predicted molar refractivity (Wildman–Crippen MR) is 76.0 cm³/mol. The molecule has 0 aliphatic rings. The van der Waals surface area contributed by atoms with Crippen LogP contribution in [0.3, 0.4) is 0 Å². The van der Waals surface area contributed by atoms with Gasteiger partial charge in [-0.25, -0.2) is 4.98 Å². The number of aryl methyl sites for hydroxylation is 2. The number of hydrogen-bond acceptors (Lipinski definition) is 3. The first kappa shape index (κ1) is 13.2. The SMILES string of the molecule is Cc1ccc(CC(CO)Cc2nc(C)cs2)cc1. The van der Waals surface area contributed by atoms with Crippen molar-refractivity contribution >= 4 is 11.3 Å². The quantitative estimate of drug-likeness (QED) is 0.897. The Morgan fingerprint density at radius 3 is 2.44 bits per heavy atom. The van der Waals surface area contributed by atoms with E-state index >= 15 is 0 Å². The molecule has 2 aromatic rings. The molecule has 0 radical (unpaired) electrons. The van der Waals surface area contributed by atoms with E-state index in [0.717, 1.165) is 23.5 Å². The van der Waals surface area contributed by atoms with E-state index in [1.807, 2.05) is 6.92 Å². The monoisotopic (exact) mass is 261 g/mol. The lowest BCUT2D eigenvalue weighted by molar-refractivity contribution is 0.225. The van der Waals surface area contributed by atoms with E-state index in [2.05, 4.69) is 41.6 Å². The van der Waals surface area contributed by atoms with Crippen molar-refractivity contribution in [3.63, 3.8) is 0 Å². The van der Waals surface area contributed by atoms with Crippen LogP contribution in [0.4, 0.5) is 0 Å². The van der Waals surface area contributed by atoms with Gasteiger partial charge in [0.25, 0.3) is 0 Å². The van der Waals surface area contributed by atoms with Crippen LogP contribution in [0.5, 0.6) is 0 Å². The number of nitrogens with zero attached hydrogens (tertiary/aromatic N) is 1. The molecule has 2 rings (SSSR count). The second-order valence-electron chi connectivity index (χ2n) is 4.83. The standard InChI is InChI=1S/C15H19NOS/c1-11-3-5-13(6-4-11)7-14(9-17)8-15-16-12(2)10-18-15/h3-6,10,14,17H,7-9H2,1-2H3. The molecule has 0 aliphatic carbocycles. The van der Waals surface area contributed by atoms with Crippen LogP contribution in [0.2, 0.25) is 0 Å². The van der Waals surface area contributed by atoms with E-state index in [4.69, 9.17) is 0 Å². The van der Waals surface area contributed by atoms with Crippen molar-refractivity contribution in [2.45, 2.75) is 26.7 Å². The minimum Gasteiger partial charge on any atom is -0.396 e. The Morgan fingerprint density at radius 2 is 1.89 bits per heavy atom. The van der Waals surface area contributed by atoms with Gasteiger partial charge in [0.2, 0.25) is 0 Å². The first-order valence-corrected chi connectivity index (χ1v) is 7.12. The largest absolute Gasteiger partial charge is 0.396 e. The lowest BCUT2D eigenvalue weighted by Crippen LogP contribution is -2.12. The minimum absolute atomic E-state index is 0.215. The molecule has 0 saturated carbocycles. The number of aliphatic hydroxyl groups is 1. The van der Waals surface area contributed by atoms with Crippen LogP contribution < -0.4 is 0 Å². The molecule has 0 spiro atoms. The summed E-state index contributed by atoms with van der Waals surface area (Å²) in [6, 6.07) is 8.53. The van der Waals surface area contributed by atoms with Gasteiger partial charge in [0.05, 0.1) is 5.01 Å². The van der Waals surface area contributed by atoms with Gasteiger partial charge in [-0.1, -0.05) is 29.8 Å². The zero-order valence-electron chi connectivity index (χ0n) is 10.9. The highest BCUT2D eigenvalue weighted by molar-refractivity contribution is 7.09. The molecule has 1 unspecified atom stereocenters. The maximum atomic E-state index is 9.49. The Hall–Kier alpha value is -1.19. The fourth-order valence-corrected chi connectivity index (χ4v) is 2.89. The average Bonchev–Trinajstić information content (AvgIpc) is 2.77. The van der Waals surface area contributed by atoms with E-state index in [0.29, 0.717) is 0 Å². The lowest BCUT2D eigenvalue weighted by Gasteiger charge is -2.12. The molecule has 0 bridgehead atoms. The molecule has 3 heteroatoms. The zero-order valence-corrected chi connectivity index (χ0v) is 11.7. The number of aliphatic hydroxyl groups excluding tert-OH is 1. The Labute approximate surface area is 112 Å². The fourth-order valence-electron chi connectivity index (χ4n) is 2.00. The van der Waals surface area contributed by atoms with E-state index < -0.39 is 0 Å². The number of aromatic nitrogens is 1. The van der Waals surface area contributed by atoms with Crippen molar-refractivity contribution in [2.24, 2.45) is 5.92 Å². The van der Waals surface area contributed by atoms with Crippen LogP contribution in [0, 0.1) is 19.8 Å². The molecule has 18 heavy (non-hydrogen) atoms. The average molecular weight is 261 g/mol. The lowest BCUT2D eigenvalue weighted by atomic mass is 9.97. The maximum Gasteiger partial charge on any atom is 0.0931 e. The summed E-state index contributed by atoms with van der Waals surface area (Å²) in [4.78, 5) is 4.46. The fraction of sp³-hybridized carbons (Fsp3) is 0.400.